The number of fused-ring (bicyclic) bond motifs is 2. The van der Waals surface area contributed by atoms with Gasteiger partial charge in [0.2, 0.25) is 0 Å². The van der Waals surface area contributed by atoms with Crippen LogP contribution in [0.15, 0.2) is 61.1 Å². The van der Waals surface area contributed by atoms with Crippen LogP contribution >= 0.6 is 11.3 Å². The lowest BCUT2D eigenvalue weighted by atomic mass is 10.0. The molecule has 33 heavy (non-hydrogen) atoms. The number of Topliss-reactive ketones (excluding diaryl/α,β-unsaturated/α-hetero) is 1. The summed E-state index contributed by atoms with van der Waals surface area (Å²) in [4.78, 5) is 29.8. The minimum Gasteiger partial charge on any atom is -0.335 e. The fourth-order valence-corrected chi connectivity index (χ4v) is 4.80. The molecule has 5 aromatic heterocycles. The van der Waals surface area contributed by atoms with Gasteiger partial charge in [-0.1, -0.05) is 6.07 Å². The van der Waals surface area contributed by atoms with Crippen LogP contribution < -0.4 is 0 Å². The first-order valence-corrected chi connectivity index (χ1v) is 10.9. The van der Waals surface area contributed by atoms with Crippen molar-refractivity contribution in [2.45, 2.75) is 6.92 Å². The fraction of sp³-hybridized carbons (Fsp3) is 0.0417. The Hall–Kier alpha value is -4.24. The van der Waals surface area contributed by atoms with E-state index in [1.54, 1.807) is 25.5 Å². The van der Waals surface area contributed by atoms with Gasteiger partial charge in [0, 0.05) is 40.0 Å². The minimum atomic E-state index is -0.431. The fourth-order valence-electron chi connectivity index (χ4n) is 3.86. The van der Waals surface area contributed by atoms with E-state index in [1.807, 2.05) is 36.4 Å². The van der Waals surface area contributed by atoms with E-state index < -0.39 is 5.82 Å². The van der Waals surface area contributed by atoms with Gasteiger partial charge < -0.3 is 4.98 Å². The van der Waals surface area contributed by atoms with Gasteiger partial charge in [0.15, 0.2) is 23.1 Å². The minimum absolute atomic E-state index is 0.0252. The van der Waals surface area contributed by atoms with E-state index in [0.29, 0.717) is 33.0 Å². The number of nitrogens with zero attached hydrogens (tertiary/aromatic N) is 4. The van der Waals surface area contributed by atoms with E-state index in [-0.39, 0.29) is 11.3 Å². The number of pyridine rings is 2. The molecule has 160 valence electrons. The number of carbonyl (C=O) groups excluding carboxylic acids is 1. The zero-order chi connectivity index (χ0) is 22.5. The lowest BCUT2D eigenvalue weighted by Crippen LogP contribution is -1.85. The maximum atomic E-state index is 14.8. The Labute approximate surface area is 190 Å². The van der Waals surface area contributed by atoms with Gasteiger partial charge in [-0.15, -0.1) is 11.3 Å². The van der Waals surface area contributed by atoms with Crippen LogP contribution in [0.5, 0.6) is 0 Å². The predicted molar refractivity (Wildman–Crippen MR) is 125 cm³/mol. The molecule has 0 unspecified atom stereocenters. The third-order valence-corrected chi connectivity index (χ3v) is 6.67. The average Bonchev–Trinajstić information content (AvgIpc) is 3.56. The number of imidazole rings is 1. The highest BCUT2D eigenvalue weighted by molar-refractivity contribution is 7.17. The van der Waals surface area contributed by atoms with Crippen molar-refractivity contribution >= 4 is 39.2 Å². The molecule has 7 nitrogen and oxygen atoms in total. The standard InChI is InChI=1S/C24H15FN6OS/c1-12(32)18-4-5-19(33-18)15-6-8-27-23-21(15)28-24(29-23)22-16-9-14(13-3-2-7-26-11-13)10-17(25)20(16)30-31-22/h2-11H,1H3,(H,30,31)(H,27,28,29). The molecule has 0 spiro atoms. The van der Waals surface area contributed by atoms with Crippen LogP contribution in [-0.4, -0.2) is 35.9 Å². The number of hydrogen-bond donors (Lipinski definition) is 2. The number of rotatable bonds is 4. The molecule has 5 heterocycles. The smallest absolute Gasteiger partial charge is 0.178 e. The average molecular weight is 454 g/mol. The van der Waals surface area contributed by atoms with Crippen molar-refractivity contribution in [3.8, 4) is 33.1 Å². The highest BCUT2D eigenvalue weighted by Crippen LogP contribution is 2.35. The number of ketones is 1. The Morgan fingerprint density at radius 2 is 2.00 bits per heavy atom. The monoisotopic (exact) mass is 454 g/mol. The maximum Gasteiger partial charge on any atom is 0.178 e. The normalized spacial score (nSPS) is 11.5. The maximum absolute atomic E-state index is 14.8. The highest BCUT2D eigenvalue weighted by Gasteiger charge is 2.19. The van der Waals surface area contributed by atoms with E-state index in [1.165, 1.54) is 17.4 Å². The first-order valence-electron chi connectivity index (χ1n) is 10.1. The number of carbonyl (C=O) groups is 1. The van der Waals surface area contributed by atoms with E-state index in [9.17, 15) is 9.18 Å². The van der Waals surface area contributed by atoms with Crippen molar-refractivity contribution in [2.24, 2.45) is 0 Å². The third kappa shape index (κ3) is 3.21. The van der Waals surface area contributed by atoms with Crippen LogP contribution in [0.4, 0.5) is 4.39 Å². The van der Waals surface area contributed by atoms with Crippen LogP contribution in [0.1, 0.15) is 16.6 Å². The number of aromatic nitrogens is 6. The first kappa shape index (κ1) is 19.4. The van der Waals surface area contributed by atoms with Gasteiger partial charge in [-0.05, 0) is 48.9 Å². The molecule has 0 aliphatic heterocycles. The Morgan fingerprint density at radius 1 is 1.09 bits per heavy atom. The number of nitrogens with one attached hydrogen (secondary N) is 2. The summed E-state index contributed by atoms with van der Waals surface area (Å²) in [6.07, 6.45) is 5.04. The SMILES string of the molecule is CC(=O)c1ccc(-c2ccnc3nc(-c4[nH]nc5c(F)cc(-c6cccnc6)cc45)[nH]c23)s1. The molecule has 2 N–H and O–H groups in total. The summed E-state index contributed by atoms with van der Waals surface area (Å²) in [6.45, 7) is 1.55. The van der Waals surface area contributed by atoms with Gasteiger partial charge in [-0.2, -0.15) is 5.10 Å². The molecule has 0 aliphatic rings. The molecule has 0 atom stereocenters. The van der Waals surface area contributed by atoms with Crippen molar-refractivity contribution in [3.05, 3.63) is 71.7 Å². The van der Waals surface area contributed by atoms with Crippen LogP contribution in [0, 0.1) is 5.82 Å². The van der Waals surface area contributed by atoms with Crippen LogP contribution in [0.25, 0.3) is 55.2 Å². The second-order valence-corrected chi connectivity index (χ2v) is 8.64. The lowest BCUT2D eigenvalue weighted by molar-refractivity contribution is 0.102. The number of halogens is 1. The zero-order valence-corrected chi connectivity index (χ0v) is 18.1. The van der Waals surface area contributed by atoms with Crippen molar-refractivity contribution in [2.75, 3.05) is 0 Å². The molecule has 0 bridgehead atoms. The van der Waals surface area contributed by atoms with Gasteiger partial charge in [-0.25, -0.2) is 14.4 Å². The molecular weight excluding hydrogens is 439 g/mol. The molecule has 0 aliphatic carbocycles. The molecule has 6 aromatic rings. The van der Waals surface area contributed by atoms with Crippen LogP contribution in [0.2, 0.25) is 0 Å². The van der Waals surface area contributed by atoms with Gasteiger partial charge in [0.25, 0.3) is 0 Å². The van der Waals surface area contributed by atoms with E-state index >= 15 is 0 Å². The Balaban J connectivity index is 1.51. The number of aromatic amines is 2. The topological polar surface area (TPSA) is 100 Å². The first-order chi connectivity index (χ1) is 16.1. The van der Waals surface area contributed by atoms with E-state index in [0.717, 1.165) is 21.5 Å². The van der Waals surface area contributed by atoms with E-state index in [2.05, 4.69) is 30.1 Å². The summed E-state index contributed by atoms with van der Waals surface area (Å²) in [7, 11) is 0. The molecule has 0 amide bonds. The van der Waals surface area contributed by atoms with Gasteiger partial charge >= 0.3 is 0 Å². The van der Waals surface area contributed by atoms with Crippen molar-refractivity contribution in [3.63, 3.8) is 0 Å². The summed E-state index contributed by atoms with van der Waals surface area (Å²) < 4.78 is 14.8. The van der Waals surface area contributed by atoms with Gasteiger partial charge in [0.1, 0.15) is 11.2 Å². The van der Waals surface area contributed by atoms with Crippen LogP contribution in [-0.2, 0) is 0 Å². The molecule has 0 saturated heterocycles. The summed E-state index contributed by atoms with van der Waals surface area (Å²) in [5.41, 5.74) is 4.44. The van der Waals surface area contributed by atoms with Crippen LogP contribution in [0.3, 0.4) is 0 Å². The molecule has 0 radical (unpaired) electrons. The number of thiophene rings is 1. The number of benzene rings is 1. The number of H-pyrrole nitrogens is 2. The summed E-state index contributed by atoms with van der Waals surface area (Å²) >= 11 is 1.42. The molecule has 6 rings (SSSR count). The predicted octanol–water partition coefficient (Wildman–Crippen LogP) is 5.63. The molecule has 0 saturated carbocycles. The second kappa shape index (κ2) is 7.42. The summed E-state index contributed by atoms with van der Waals surface area (Å²) in [5, 5.41) is 7.69. The van der Waals surface area contributed by atoms with Gasteiger partial charge in [0.05, 0.1) is 10.4 Å². The van der Waals surface area contributed by atoms with E-state index in [4.69, 9.17) is 0 Å². The second-order valence-electron chi connectivity index (χ2n) is 7.56. The molecular formula is C24H15FN6OS. The lowest BCUT2D eigenvalue weighted by Gasteiger charge is -2.02. The number of hydrogen-bond acceptors (Lipinski definition) is 6. The molecule has 0 fully saturated rings. The van der Waals surface area contributed by atoms with Crippen molar-refractivity contribution < 1.29 is 9.18 Å². The molecule has 1 aromatic carbocycles. The largest absolute Gasteiger partial charge is 0.335 e. The summed E-state index contributed by atoms with van der Waals surface area (Å²) in [6, 6.07) is 12.6. The highest BCUT2D eigenvalue weighted by atomic mass is 32.1. The summed E-state index contributed by atoms with van der Waals surface area (Å²) in [5.74, 6) is 0.0925. The quantitative estimate of drug-likeness (QED) is 0.336. The third-order valence-electron chi connectivity index (χ3n) is 5.45. The van der Waals surface area contributed by atoms with Gasteiger partial charge in [-0.3, -0.25) is 14.9 Å². The Kier molecular flexibility index (Phi) is 4.37. The molecule has 9 heteroatoms. The van der Waals surface area contributed by atoms with Crippen molar-refractivity contribution in [1.82, 2.24) is 30.1 Å². The Morgan fingerprint density at radius 3 is 2.79 bits per heavy atom. The van der Waals surface area contributed by atoms with Crippen molar-refractivity contribution in [1.29, 1.82) is 0 Å². The zero-order valence-electron chi connectivity index (χ0n) is 17.3. The Bertz CT molecular complexity index is 1670.